The first-order valence-electron chi connectivity index (χ1n) is 9.81. The number of phenols is 1. The summed E-state index contributed by atoms with van der Waals surface area (Å²) in [5, 5.41) is 14.6. The van der Waals surface area contributed by atoms with Gasteiger partial charge in [0.15, 0.2) is 5.76 Å². The zero-order valence-electron chi connectivity index (χ0n) is 17.5. The molecule has 1 saturated heterocycles. The smallest absolute Gasteiger partial charge is 0.231 e. The number of halogens is 3. The van der Waals surface area contributed by atoms with Crippen molar-refractivity contribution in [1.82, 2.24) is 20.2 Å². The van der Waals surface area contributed by atoms with Gasteiger partial charge in [0.1, 0.15) is 22.8 Å². The molecule has 0 spiro atoms. The monoisotopic (exact) mass is 508 g/mol. The van der Waals surface area contributed by atoms with Crippen LogP contribution < -0.4 is 10.1 Å². The number of nitrogens with zero attached hydrogens (tertiary/aromatic N) is 2. The molecule has 4 heterocycles. The first-order chi connectivity index (χ1) is 14.6. The van der Waals surface area contributed by atoms with Gasteiger partial charge in [0.05, 0.1) is 11.1 Å². The van der Waals surface area contributed by atoms with Gasteiger partial charge >= 0.3 is 0 Å². The molecule has 2 aliphatic heterocycles. The van der Waals surface area contributed by atoms with E-state index in [4.69, 9.17) is 11.2 Å². The van der Waals surface area contributed by atoms with Crippen LogP contribution in [0.25, 0.3) is 17.1 Å². The molecular weight excluding hydrogens is 487 g/mol. The summed E-state index contributed by atoms with van der Waals surface area (Å²) in [5.41, 5.74) is 3.08. The molecule has 3 N–H and O–H groups in total. The van der Waals surface area contributed by atoms with E-state index in [2.05, 4.69) is 26.1 Å². The number of Topliss-reactive ketones (excluding diaryl/α,β-unsaturated/α-hetero) is 1. The highest BCUT2D eigenvalue weighted by Crippen LogP contribution is 2.40. The molecule has 0 radical (unpaired) electrons. The minimum Gasteiger partial charge on any atom is -0.507 e. The van der Waals surface area contributed by atoms with Gasteiger partial charge in [-0.2, -0.15) is 0 Å². The van der Waals surface area contributed by atoms with Crippen molar-refractivity contribution in [3.63, 3.8) is 0 Å². The number of rotatable bonds is 3. The van der Waals surface area contributed by atoms with E-state index >= 15 is 0 Å². The SMILES string of the molecule is C#Cc1ccc2c(C=C3Oc4c(ccc(O)c4CN4CCNCC4)C3=O)c[nH]c2n1.Cl.Cl.Cl. The van der Waals surface area contributed by atoms with Crippen molar-refractivity contribution in [2.45, 2.75) is 6.54 Å². The molecule has 2 aliphatic rings. The Balaban J connectivity index is 0.00000128. The predicted molar refractivity (Wildman–Crippen MR) is 135 cm³/mol. The highest BCUT2D eigenvalue weighted by atomic mass is 35.5. The lowest BCUT2D eigenvalue weighted by molar-refractivity contribution is 0.101. The van der Waals surface area contributed by atoms with Crippen molar-refractivity contribution < 1.29 is 14.6 Å². The lowest BCUT2D eigenvalue weighted by Gasteiger charge is -2.27. The zero-order chi connectivity index (χ0) is 20.7. The first kappa shape index (κ1) is 26.5. The number of benzene rings is 1. The summed E-state index contributed by atoms with van der Waals surface area (Å²) in [6, 6.07) is 6.81. The molecule has 0 saturated carbocycles. The zero-order valence-corrected chi connectivity index (χ0v) is 19.9. The van der Waals surface area contributed by atoms with Crippen LogP contribution >= 0.6 is 37.2 Å². The molecule has 10 heteroatoms. The number of carbonyl (C=O) groups is 1. The van der Waals surface area contributed by atoms with Gasteiger partial charge in [-0.05, 0) is 30.3 Å². The van der Waals surface area contributed by atoms with Crippen LogP contribution in [-0.2, 0) is 6.54 Å². The lowest BCUT2D eigenvalue weighted by Crippen LogP contribution is -2.42. The maximum absolute atomic E-state index is 13.0. The maximum Gasteiger partial charge on any atom is 0.231 e. The van der Waals surface area contributed by atoms with Crippen LogP contribution in [-0.4, -0.2) is 51.9 Å². The van der Waals surface area contributed by atoms with Gasteiger partial charge in [-0.25, -0.2) is 4.98 Å². The Kier molecular flexibility index (Phi) is 8.78. The molecule has 2 aromatic heterocycles. The Morgan fingerprint density at radius 3 is 2.67 bits per heavy atom. The fourth-order valence-electron chi connectivity index (χ4n) is 3.91. The number of aromatic hydroxyl groups is 1. The van der Waals surface area contributed by atoms with Crippen molar-refractivity contribution in [2.75, 3.05) is 26.2 Å². The number of carbonyl (C=O) groups excluding carboxylic acids is 1. The summed E-state index contributed by atoms with van der Waals surface area (Å²) in [4.78, 5) is 22.6. The summed E-state index contributed by atoms with van der Waals surface area (Å²) in [6.07, 6.45) is 8.88. The van der Waals surface area contributed by atoms with Gasteiger partial charge in [-0.3, -0.25) is 9.69 Å². The van der Waals surface area contributed by atoms with Crippen molar-refractivity contribution in [2.24, 2.45) is 0 Å². The number of hydrogen-bond acceptors (Lipinski definition) is 6. The van der Waals surface area contributed by atoms with Crippen LogP contribution in [0, 0.1) is 12.3 Å². The largest absolute Gasteiger partial charge is 0.507 e. The van der Waals surface area contributed by atoms with Crippen molar-refractivity contribution >= 4 is 60.1 Å². The van der Waals surface area contributed by atoms with Gasteiger partial charge in [0.25, 0.3) is 0 Å². The van der Waals surface area contributed by atoms with E-state index in [0.29, 0.717) is 34.8 Å². The summed E-state index contributed by atoms with van der Waals surface area (Å²) >= 11 is 0. The molecule has 3 aromatic rings. The van der Waals surface area contributed by atoms with Crippen molar-refractivity contribution in [1.29, 1.82) is 0 Å². The fraction of sp³-hybridized carbons (Fsp3) is 0.217. The van der Waals surface area contributed by atoms with Crippen LogP contribution in [0.1, 0.15) is 27.2 Å². The number of aromatic nitrogens is 2. The number of H-pyrrole nitrogens is 1. The number of terminal acetylenes is 1. The minimum absolute atomic E-state index is 0. The second-order valence-electron chi connectivity index (χ2n) is 7.39. The number of ketones is 1. The second-order valence-corrected chi connectivity index (χ2v) is 7.39. The quantitative estimate of drug-likeness (QED) is 0.370. The number of pyridine rings is 1. The maximum atomic E-state index is 13.0. The van der Waals surface area contributed by atoms with Crippen LogP contribution in [0.2, 0.25) is 0 Å². The molecule has 1 aromatic carbocycles. The molecule has 0 aliphatic carbocycles. The highest BCUT2D eigenvalue weighted by molar-refractivity contribution is 6.15. The molecular formula is C23H23Cl3N4O3. The number of fused-ring (bicyclic) bond motifs is 2. The van der Waals surface area contributed by atoms with E-state index in [1.54, 1.807) is 30.5 Å². The average molecular weight is 510 g/mol. The third kappa shape index (κ3) is 4.96. The van der Waals surface area contributed by atoms with Crippen LogP contribution in [0.4, 0.5) is 0 Å². The molecule has 0 atom stereocenters. The standard InChI is InChI=1S/C23H20N4O3.3ClH/c1-2-15-3-4-16-14(12-25-23(16)26-15)11-20-21(29)17-5-6-19(28)18(22(17)30-20)13-27-9-7-24-8-10-27;;;/h1,3-6,11-12,24,28H,7-10,13H2,(H,25,26);3*1H. The predicted octanol–water partition coefficient (Wildman–Crippen LogP) is 3.54. The van der Waals surface area contributed by atoms with Crippen LogP contribution in [0.5, 0.6) is 11.5 Å². The van der Waals surface area contributed by atoms with Crippen molar-refractivity contribution in [3.05, 3.63) is 58.6 Å². The van der Waals surface area contributed by atoms with Gasteiger partial charge in [-0.1, -0.05) is 5.92 Å². The summed E-state index contributed by atoms with van der Waals surface area (Å²) < 4.78 is 5.98. The number of phenolic OH excluding ortho intramolecular Hbond substituents is 1. The Morgan fingerprint density at radius 2 is 1.94 bits per heavy atom. The topological polar surface area (TPSA) is 90.5 Å². The normalized spacial score (nSPS) is 16.2. The van der Waals surface area contributed by atoms with E-state index in [9.17, 15) is 9.90 Å². The Hall–Kier alpha value is -2.73. The number of piperazine rings is 1. The molecule has 0 unspecified atom stereocenters. The van der Waals surface area contributed by atoms with Crippen molar-refractivity contribution in [3.8, 4) is 23.8 Å². The van der Waals surface area contributed by atoms with Gasteiger partial charge < -0.3 is 20.1 Å². The number of allylic oxidation sites excluding steroid dienone is 1. The molecule has 174 valence electrons. The average Bonchev–Trinajstić information content (AvgIpc) is 3.32. The molecule has 7 nitrogen and oxygen atoms in total. The first-order valence-corrected chi connectivity index (χ1v) is 9.81. The summed E-state index contributed by atoms with van der Waals surface area (Å²) in [6.45, 7) is 4.08. The number of aromatic amines is 1. The number of ether oxygens (including phenoxy) is 1. The Labute approximate surface area is 209 Å². The molecule has 5 rings (SSSR count). The molecule has 0 amide bonds. The van der Waals surface area contributed by atoms with Gasteiger partial charge in [0, 0.05) is 49.9 Å². The molecule has 1 fully saturated rings. The van der Waals surface area contributed by atoms with E-state index in [1.165, 1.54) is 0 Å². The molecule has 0 bridgehead atoms. The van der Waals surface area contributed by atoms with Gasteiger partial charge in [-0.15, -0.1) is 43.6 Å². The van der Waals surface area contributed by atoms with E-state index in [0.717, 1.165) is 37.1 Å². The molecule has 33 heavy (non-hydrogen) atoms. The lowest BCUT2D eigenvalue weighted by atomic mass is 10.0. The second kappa shape index (κ2) is 10.9. The summed E-state index contributed by atoms with van der Waals surface area (Å²) in [5.74, 6) is 3.11. The van der Waals surface area contributed by atoms with E-state index < -0.39 is 0 Å². The third-order valence-electron chi connectivity index (χ3n) is 5.51. The number of hydrogen-bond donors (Lipinski definition) is 3. The summed E-state index contributed by atoms with van der Waals surface area (Å²) in [7, 11) is 0. The van der Waals surface area contributed by atoms with Crippen LogP contribution in [0.3, 0.4) is 0 Å². The Morgan fingerprint density at radius 1 is 1.18 bits per heavy atom. The van der Waals surface area contributed by atoms with E-state index in [1.807, 2.05) is 6.07 Å². The van der Waals surface area contributed by atoms with E-state index in [-0.39, 0.29) is 54.5 Å². The fourth-order valence-corrected chi connectivity index (χ4v) is 3.91. The highest BCUT2D eigenvalue weighted by Gasteiger charge is 2.32. The Bertz CT molecular complexity index is 1240. The number of nitrogens with one attached hydrogen (secondary N) is 2. The van der Waals surface area contributed by atoms with Gasteiger partial charge in [0.2, 0.25) is 5.78 Å². The minimum atomic E-state index is -0.200. The van der Waals surface area contributed by atoms with Crippen LogP contribution in [0.15, 0.2) is 36.2 Å². The third-order valence-corrected chi connectivity index (χ3v) is 5.51.